The van der Waals surface area contributed by atoms with Crippen LogP contribution in [0.4, 0.5) is 0 Å². The third-order valence-electron chi connectivity index (χ3n) is 4.52. The van der Waals surface area contributed by atoms with E-state index in [1.165, 1.54) is 31.5 Å². The van der Waals surface area contributed by atoms with Crippen molar-refractivity contribution in [3.63, 3.8) is 0 Å². The first-order valence-electron chi connectivity index (χ1n) is 8.19. The van der Waals surface area contributed by atoms with Crippen LogP contribution in [0.25, 0.3) is 0 Å². The fourth-order valence-electron chi connectivity index (χ4n) is 3.12. The van der Waals surface area contributed by atoms with E-state index in [1.54, 1.807) is 7.11 Å². The molecule has 0 aliphatic carbocycles. The van der Waals surface area contributed by atoms with Gasteiger partial charge in [0.15, 0.2) is 0 Å². The normalized spacial score (nSPS) is 17.3. The summed E-state index contributed by atoms with van der Waals surface area (Å²) in [4.78, 5) is 4.98. The molecule has 0 N–H and O–H groups in total. The van der Waals surface area contributed by atoms with Crippen molar-refractivity contribution >= 4 is 0 Å². The predicted molar refractivity (Wildman–Crippen MR) is 90.0 cm³/mol. The lowest BCUT2D eigenvalue weighted by atomic mass is 10.0. The first-order chi connectivity index (χ1) is 10.6. The number of rotatable bonds is 8. The molecule has 0 aromatic carbocycles. The van der Waals surface area contributed by atoms with Crippen LogP contribution in [0.1, 0.15) is 24.1 Å². The summed E-state index contributed by atoms with van der Waals surface area (Å²) in [6.45, 7) is 11.7. The monoisotopic (exact) mass is 306 g/mol. The van der Waals surface area contributed by atoms with Crippen molar-refractivity contribution in [2.75, 3.05) is 40.4 Å². The van der Waals surface area contributed by atoms with Gasteiger partial charge in [-0.1, -0.05) is 6.08 Å². The Hall–Kier alpha value is -1.17. The maximum absolute atomic E-state index is 5.31. The summed E-state index contributed by atoms with van der Waals surface area (Å²) < 4.78 is 7.28. The molecule has 0 amide bonds. The number of likely N-dealkylation sites (tertiary alicyclic amines) is 1. The minimum absolute atomic E-state index is 0.647. The topological polar surface area (TPSA) is 33.5 Å². The number of nitrogens with zero attached hydrogens (tertiary/aromatic N) is 4. The summed E-state index contributed by atoms with van der Waals surface area (Å²) in [5, 5.41) is 4.57. The molecule has 1 aromatic heterocycles. The minimum Gasteiger partial charge on any atom is -0.383 e. The van der Waals surface area contributed by atoms with Gasteiger partial charge in [0.25, 0.3) is 0 Å². The maximum Gasteiger partial charge on any atom is 0.0638 e. The number of piperidine rings is 1. The van der Waals surface area contributed by atoms with Gasteiger partial charge in [0.05, 0.1) is 18.8 Å². The summed E-state index contributed by atoms with van der Waals surface area (Å²) >= 11 is 0. The van der Waals surface area contributed by atoms with Crippen LogP contribution >= 0.6 is 0 Å². The Morgan fingerprint density at radius 1 is 1.45 bits per heavy atom. The van der Waals surface area contributed by atoms with Gasteiger partial charge < -0.3 is 9.64 Å². The van der Waals surface area contributed by atoms with Gasteiger partial charge in [-0.05, 0) is 39.9 Å². The maximum atomic E-state index is 5.31. The highest BCUT2D eigenvalue weighted by molar-refractivity contribution is 5.15. The third-order valence-corrected chi connectivity index (χ3v) is 4.52. The quantitative estimate of drug-likeness (QED) is 0.687. The molecule has 22 heavy (non-hydrogen) atoms. The molecule has 5 heteroatoms. The van der Waals surface area contributed by atoms with Crippen LogP contribution in [0, 0.1) is 6.92 Å². The van der Waals surface area contributed by atoms with Gasteiger partial charge >= 0.3 is 0 Å². The van der Waals surface area contributed by atoms with Crippen LogP contribution in [-0.2, 0) is 17.8 Å². The number of hydrogen-bond acceptors (Lipinski definition) is 4. The van der Waals surface area contributed by atoms with Crippen LogP contribution in [-0.4, -0.2) is 66.0 Å². The number of methoxy groups -OCH3 is 1. The molecule has 1 aliphatic heterocycles. The van der Waals surface area contributed by atoms with Crippen molar-refractivity contribution in [1.29, 1.82) is 0 Å². The fourth-order valence-corrected chi connectivity index (χ4v) is 3.12. The average Bonchev–Trinajstić information content (AvgIpc) is 2.84. The first-order valence-corrected chi connectivity index (χ1v) is 8.19. The minimum atomic E-state index is 0.647. The van der Waals surface area contributed by atoms with Crippen LogP contribution in [0.15, 0.2) is 18.9 Å². The van der Waals surface area contributed by atoms with Crippen molar-refractivity contribution in [2.45, 2.75) is 38.9 Å². The summed E-state index contributed by atoms with van der Waals surface area (Å²) in [6, 6.07) is 0.647. The number of ether oxygens (including phenoxy) is 1. The van der Waals surface area contributed by atoms with Crippen molar-refractivity contribution in [2.24, 2.45) is 0 Å². The molecule has 1 aliphatic rings. The summed E-state index contributed by atoms with van der Waals surface area (Å²) in [5.74, 6) is 0. The first kappa shape index (κ1) is 17.2. The SMILES string of the molecule is C=CCn1cc(CN(CCOC)C2CCN(C)CC2)c(C)n1. The van der Waals surface area contributed by atoms with Gasteiger partial charge in [-0.25, -0.2) is 0 Å². The van der Waals surface area contributed by atoms with E-state index in [4.69, 9.17) is 4.74 Å². The molecule has 1 fully saturated rings. The standard InChI is InChI=1S/C17H30N4O/c1-5-8-21-14-16(15(2)18-21)13-20(11-12-22-4)17-6-9-19(3)10-7-17/h5,14,17H,1,6-13H2,2-4H3. The zero-order valence-corrected chi connectivity index (χ0v) is 14.3. The molecule has 124 valence electrons. The summed E-state index contributed by atoms with van der Waals surface area (Å²) in [5.41, 5.74) is 2.44. The van der Waals surface area contributed by atoms with Crippen LogP contribution in [0.3, 0.4) is 0 Å². The van der Waals surface area contributed by atoms with Crippen molar-refractivity contribution < 1.29 is 4.74 Å². The van der Waals surface area contributed by atoms with Crippen LogP contribution in [0.2, 0.25) is 0 Å². The molecule has 1 aromatic rings. The molecule has 0 atom stereocenters. The number of hydrogen-bond donors (Lipinski definition) is 0. The zero-order chi connectivity index (χ0) is 15.9. The predicted octanol–water partition coefficient (Wildman–Crippen LogP) is 1.92. The van der Waals surface area contributed by atoms with Crippen molar-refractivity contribution in [3.05, 3.63) is 30.1 Å². The Labute approximate surface area is 134 Å². The molecule has 1 saturated heterocycles. The van der Waals surface area contributed by atoms with Gasteiger partial charge in [-0.2, -0.15) is 5.10 Å². The Kier molecular flexibility index (Phi) is 6.61. The van der Waals surface area contributed by atoms with Gasteiger partial charge in [0, 0.05) is 38.0 Å². The van der Waals surface area contributed by atoms with E-state index in [1.807, 2.05) is 10.8 Å². The lowest BCUT2D eigenvalue weighted by Crippen LogP contribution is -2.44. The highest BCUT2D eigenvalue weighted by atomic mass is 16.5. The molecule has 0 spiro atoms. The lowest BCUT2D eigenvalue weighted by molar-refractivity contribution is 0.0801. The third kappa shape index (κ3) is 4.66. The number of aryl methyl sites for hydroxylation is 1. The Bertz CT molecular complexity index is 463. The Morgan fingerprint density at radius 3 is 2.82 bits per heavy atom. The van der Waals surface area contributed by atoms with E-state index in [0.29, 0.717) is 6.04 Å². The molecule has 0 unspecified atom stereocenters. The number of allylic oxidation sites excluding steroid dienone is 1. The Balaban J connectivity index is 2.03. The second-order valence-electron chi connectivity index (χ2n) is 6.25. The van der Waals surface area contributed by atoms with E-state index >= 15 is 0 Å². The largest absolute Gasteiger partial charge is 0.383 e. The number of aromatic nitrogens is 2. The summed E-state index contributed by atoms with van der Waals surface area (Å²) in [6.07, 6.45) is 6.52. The molecule has 2 heterocycles. The average molecular weight is 306 g/mol. The van der Waals surface area contributed by atoms with Gasteiger partial charge in [-0.3, -0.25) is 9.58 Å². The molecule has 5 nitrogen and oxygen atoms in total. The molecule has 0 bridgehead atoms. The second-order valence-corrected chi connectivity index (χ2v) is 6.25. The molecule has 2 rings (SSSR count). The molecule has 0 saturated carbocycles. The zero-order valence-electron chi connectivity index (χ0n) is 14.3. The van der Waals surface area contributed by atoms with Gasteiger partial charge in [0.1, 0.15) is 0 Å². The highest BCUT2D eigenvalue weighted by Crippen LogP contribution is 2.19. The van der Waals surface area contributed by atoms with Gasteiger partial charge in [0.2, 0.25) is 0 Å². The van der Waals surface area contributed by atoms with E-state index in [-0.39, 0.29) is 0 Å². The smallest absolute Gasteiger partial charge is 0.0638 e. The van der Waals surface area contributed by atoms with Crippen molar-refractivity contribution in [3.8, 4) is 0 Å². The van der Waals surface area contributed by atoms with E-state index in [0.717, 1.165) is 31.9 Å². The van der Waals surface area contributed by atoms with Crippen LogP contribution in [0.5, 0.6) is 0 Å². The van der Waals surface area contributed by atoms with E-state index in [2.05, 4.69) is 41.6 Å². The van der Waals surface area contributed by atoms with Gasteiger partial charge in [-0.15, -0.1) is 6.58 Å². The lowest BCUT2D eigenvalue weighted by Gasteiger charge is -2.37. The van der Waals surface area contributed by atoms with Crippen molar-refractivity contribution in [1.82, 2.24) is 19.6 Å². The second kappa shape index (κ2) is 8.46. The van der Waals surface area contributed by atoms with E-state index in [9.17, 15) is 0 Å². The highest BCUT2D eigenvalue weighted by Gasteiger charge is 2.24. The molecular formula is C17H30N4O. The summed E-state index contributed by atoms with van der Waals surface area (Å²) in [7, 11) is 3.99. The van der Waals surface area contributed by atoms with Crippen LogP contribution < -0.4 is 0 Å². The molecule has 0 radical (unpaired) electrons. The fraction of sp³-hybridized carbons (Fsp3) is 0.706. The molecular weight excluding hydrogens is 276 g/mol. The van der Waals surface area contributed by atoms with E-state index < -0.39 is 0 Å². The Morgan fingerprint density at radius 2 is 2.18 bits per heavy atom.